The van der Waals surface area contributed by atoms with Gasteiger partial charge in [-0.05, 0) is 5.92 Å². The fraction of sp³-hybridized carbons (Fsp3) is 0.923. The summed E-state index contributed by atoms with van der Waals surface area (Å²) in [4.78, 5) is 11.7. The molecule has 0 radical (unpaired) electrons. The molecule has 0 spiro atoms. The van der Waals surface area contributed by atoms with Crippen LogP contribution in [0.1, 0.15) is 41.5 Å². The van der Waals surface area contributed by atoms with Gasteiger partial charge in [-0.1, -0.05) is 41.5 Å². The first-order valence-electron chi connectivity index (χ1n) is 6.10. The molecule has 0 bridgehead atoms. The van der Waals surface area contributed by atoms with Crippen LogP contribution in [-0.4, -0.2) is 28.2 Å². The van der Waals surface area contributed by atoms with Gasteiger partial charge in [0.25, 0.3) is 0 Å². The molecule has 2 N–H and O–H groups in total. The zero-order valence-corrected chi connectivity index (χ0v) is 25.3. The van der Waals surface area contributed by atoms with Gasteiger partial charge in [0.05, 0.1) is 12.2 Å². The Morgan fingerprint density at radius 3 is 1.38 bits per heavy atom. The van der Waals surface area contributed by atoms with Crippen LogP contribution in [0.15, 0.2) is 0 Å². The average molecular weight is 871 g/mol. The van der Waals surface area contributed by atoms with Crippen molar-refractivity contribution in [2.45, 2.75) is 53.8 Å². The monoisotopic (exact) mass is 871 g/mol. The van der Waals surface area contributed by atoms with Gasteiger partial charge in [-0.2, -0.15) is 0 Å². The summed E-state index contributed by atoms with van der Waals surface area (Å²) < 4.78 is 0. The number of ketones is 1. The molecule has 0 amide bonds. The van der Waals surface area contributed by atoms with Crippen molar-refractivity contribution < 1.29 is 86.9 Å². The molecular formula is C13H32I5O3+. The second-order valence-corrected chi connectivity index (χ2v) is 5.43. The number of aliphatic hydroxyl groups excluding tert-OH is 2. The molecule has 0 rings (SSSR count). The van der Waals surface area contributed by atoms with Gasteiger partial charge in [0.2, 0.25) is 48.0 Å². The molecule has 0 fully saturated rings. The van der Waals surface area contributed by atoms with Gasteiger partial charge >= 0.3 is 0 Å². The van der Waals surface area contributed by atoms with Gasteiger partial charge in [0.1, 0.15) is 5.78 Å². The second-order valence-electron chi connectivity index (χ2n) is 5.43. The summed E-state index contributed by atoms with van der Waals surface area (Å²) >= 11 is 0. The number of Topliss-reactive ketones (excluding diaryl/α,β-unsaturated/α-hetero) is 1. The number of halogens is 5. The van der Waals surface area contributed by atoms with Crippen LogP contribution in [-0.2, 0) is 4.79 Å². The summed E-state index contributed by atoms with van der Waals surface area (Å²) in [6.07, 6.45) is -1.34. The summed E-state index contributed by atoms with van der Waals surface area (Å²) in [5, 5.41) is 19.9. The van der Waals surface area contributed by atoms with Crippen molar-refractivity contribution in [3.05, 3.63) is 0 Å². The lowest BCUT2D eigenvalue weighted by molar-refractivity contribution is -0.131. The minimum absolute atomic E-state index is 0. The standard InChI is InChI=1S/C13H26O3.2H2I.3HI/c1-7(2)11(14)9(5)13(16)10(6)12(15)8(3)4;;;;;/h7-11,13-14,16H,1-6H3;2*1H2;3*1H/q;2*+1;;;/p-1/t9-,10+,11+,13+;;;;;/m0...../s1. The minimum atomic E-state index is -0.771. The highest BCUT2D eigenvalue weighted by molar-refractivity contribution is 14.0. The van der Waals surface area contributed by atoms with E-state index in [-0.39, 0.29) is 143 Å². The number of carbonyl (C=O) groups is 1. The molecule has 136 valence electrons. The molecule has 0 aromatic rings. The van der Waals surface area contributed by atoms with Crippen LogP contribution in [0.5, 0.6) is 0 Å². The van der Waals surface area contributed by atoms with E-state index in [1.165, 1.54) is 0 Å². The Morgan fingerprint density at radius 2 is 1.14 bits per heavy atom. The largest absolute Gasteiger partial charge is 1.00 e. The number of hydrogen-bond donors (Lipinski definition) is 2. The van der Waals surface area contributed by atoms with Gasteiger partial charge in [0.15, 0.2) is 0 Å². The Kier molecular flexibility index (Phi) is 36.7. The van der Waals surface area contributed by atoms with Crippen molar-refractivity contribution in [2.75, 3.05) is 0 Å². The quantitative estimate of drug-likeness (QED) is 0.262. The minimum Gasteiger partial charge on any atom is -1.00 e. The van der Waals surface area contributed by atoms with Crippen molar-refractivity contribution in [1.82, 2.24) is 0 Å². The molecule has 0 saturated heterocycles. The third kappa shape index (κ3) is 14.1. The summed E-state index contributed by atoms with van der Waals surface area (Å²) in [6, 6.07) is 0. The number of aliphatic hydroxyl groups is 2. The fourth-order valence-corrected chi connectivity index (χ4v) is 1.96. The van der Waals surface area contributed by atoms with E-state index < -0.39 is 18.1 Å². The zero-order valence-electron chi connectivity index (χ0n) is 13.4. The van der Waals surface area contributed by atoms with Gasteiger partial charge in [-0.3, -0.25) is 4.79 Å². The topological polar surface area (TPSA) is 57.5 Å². The fourth-order valence-electron chi connectivity index (χ4n) is 1.96. The van der Waals surface area contributed by atoms with Crippen LogP contribution in [0.4, 0.5) is 0 Å². The van der Waals surface area contributed by atoms with E-state index in [0.29, 0.717) is 0 Å². The van der Waals surface area contributed by atoms with E-state index in [0.717, 1.165) is 0 Å². The molecule has 0 saturated carbocycles. The van der Waals surface area contributed by atoms with Gasteiger partial charge in [-0.15, -0.1) is 48.0 Å². The van der Waals surface area contributed by atoms with Crippen LogP contribution >= 0.6 is 48.0 Å². The second kappa shape index (κ2) is 19.6. The Morgan fingerprint density at radius 1 is 0.810 bits per heavy atom. The Hall–Kier alpha value is 3.24. The van der Waals surface area contributed by atoms with Crippen molar-refractivity contribution >= 4 is 53.7 Å². The molecule has 21 heavy (non-hydrogen) atoms. The number of rotatable bonds is 6. The lowest BCUT2D eigenvalue weighted by Crippen LogP contribution is -3.00. The Labute approximate surface area is 215 Å². The van der Waals surface area contributed by atoms with Gasteiger partial charge < -0.3 is 34.2 Å². The van der Waals surface area contributed by atoms with Crippen LogP contribution < -0.4 is 71.9 Å². The first kappa shape index (κ1) is 39.4. The van der Waals surface area contributed by atoms with Crippen LogP contribution in [0.3, 0.4) is 0 Å². The lowest BCUT2D eigenvalue weighted by Gasteiger charge is -2.30. The molecular weight excluding hydrogens is 839 g/mol. The first-order chi connectivity index (χ1) is 7.20. The van der Waals surface area contributed by atoms with E-state index in [2.05, 4.69) is 0 Å². The van der Waals surface area contributed by atoms with E-state index in [1.54, 1.807) is 13.8 Å². The predicted molar refractivity (Wildman–Crippen MR) is 101 cm³/mol. The maximum Gasteiger partial charge on any atom is 0.235 e. The number of hydrogen-bond acceptors (Lipinski definition) is 3. The predicted octanol–water partition coefficient (Wildman–Crippen LogP) is -6.96. The molecule has 0 aliphatic rings. The summed E-state index contributed by atoms with van der Waals surface area (Å²) in [6.45, 7) is 11.0. The van der Waals surface area contributed by atoms with Crippen LogP contribution in [0, 0.1) is 23.7 Å². The maximum absolute atomic E-state index is 11.7. The Balaban J connectivity index is -0.000000112. The molecule has 0 unspecified atom stereocenters. The highest BCUT2D eigenvalue weighted by atomic mass is 127. The first-order valence-corrected chi connectivity index (χ1v) is 6.10. The van der Waals surface area contributed by atoms with Crippen LogP contribution in [0.2, 0.25) is 0 Å². The molecule has 0 aliphatic carbocycles. The third-order valence-corrected chi connectivity index (χ3v) is 3.29. The van der Waals surface area contributed by atoms with Crippen molar-refractivity contribution in [3.63, 3.8) is 0 Å². The van der Waals surface area contributed by atoms with Gasteiger partial charge in [-0.25, -0.2) is 0 Å². The summed E-state index contributed by atoms with van der Waals surface area (Å²) in [5.74, 6) is -0.629. The highest BCUT2D eigenvalue weighted by Crippen LogP contribution is 2.23. The maximum atomic E-state index is 11.7. The normalized spacial score (nSPS) is 15.0. The summed E-state index contributed by atoms with van der Waals surface area (Å²) in [5.41, 5.74) is 0. The highest BCUT2D eigenvalue weighted by Gasteiger charge is 2.32. The Bertz CT molecular complexity index is 240. The molecule has 0 aliphatic heterocycles. The SMILES string of the molecule is CC(C)C(=O)[C@@H](C)[C@H](O)[C@@H](C)[C@H](O)C(C)C.I.I.[I-].[IH2+].[IH2+]. The molecule has 3 nitrogen and oxygen atoms in total. The third-order valence-electron chi connectivity index (χ3n) is 3.29. The zero-order chi connectivity index (χ0) is 13.0. The van der Waals surface area contributed by atoms with E-state index in [4.69, 9.17) is 0 Å². The molecule has 0 aromatic heterocycles. The molecule has 4 atom stereocenters. The number of carbonyl (C=O) groups excluding carboxylic acids is 1. The van der Waals surface area contributed by atoms with Crippen molar-refractivity contribution in [3.8, 4) is 0 Å². The van der Waals surface area contributed by atoms with E-state index in [1.807, 2.05) is 27.7 Å². The smallest absolute Gasteiger partial charge is 0.235 e. The van der Waals surface area contributed by atoms with Gasteiger partial charge in [0, 0.05) is 17.8 Å². The van der Waals surface area contributed by atoms with Crippen LogP contribution in [0.25, 0.3) is 0 Å². The van der Waals surface area contributed by atoms with E-state index in [9.17, 15) is 15.0 Å². The van der Waals surface area contributed by atoms with Crippen molar-refractivity contribution in [1.29, 1.82) is 0 Å². The molecule has 0 aromatic carbocycles. The average Bonchev–Trinajstić information content (AvgIpc) is 2.23. The summed E-state index contributed by atoms with van der Waals surface area (Å²) in [7, 11) is 0. The van der Waals surface area contributed by atoms with Crippen molar-refractivity contribution in [2.24, 2.45) is 23.7 Å². The molecule has 8 heteroatoms. The molecule has 0 heterocycles. The lowest BCUT2D eigenvalue weighted by atomic mass is 9.81. The van der Waals surface area contributed by atoms with E-state index >= 15 is 0 Å².